The third kappa shape index (κ3) is 7.52. The lowest BCUT2D eigenvalue weighted by molar-refractivity contribution is 1.18. The predicted molar refractivity (Wildman–Crippen MR) is 138 cm³/mol. The fraction of sp³-hybridized carbons (Fsp3) is 0.167. The molecule has 0 nitrogen and oxygen atoms in total. The van der Waals surface area contributed by atoms with Crippen molar-refractivity contribution in [2.45, 2.75) is 0 Å². The molecule has 0 heteroatoms. The summed E-state index contributed by atoms with van der Waals surface area (Å²) in [4.78, 5) is 0. The Labute approximate surface area is 212 Å². The second-order valence-electron chi connectivity index (χ2n) is 6.70. The van der Waals surface area contributed by atoms with E-state index >= 15 is 0 Å². The fourth-order valence-electron chi connectivity index (χ4n) is 2.45. The van der Waals surface area contributed by atoms with Gasteiger partial charge >= 0.3 is 0 Å². The van der Waals surface area contributed by atoms with Gasteiger partial charge < -0.3 is 0 Å². The van der Waals surface area contributed by atoms with Crippen LogP contribution in [0.5, 0.6) is 0 Å². The molecule has 0 amide bonds. The first-order valence-electron chi connectivity index (χ1n) is 10.4. The molecule has 0 atom stereocenters. The van der Waals surface area contributed by atoms with Crippen molar-refractivity contribution in [3.05, 3.63) is 0 Å². The minimum absolute atomic E-state index is 0.623. The van der Waals surface area contributed by atoms with Crippen molar-refractivity contribution in [2.24, 2.45) is 35.5 Å². The first-order valence-corrected chi connectivity index (χ1v) is 10.4. The van der Waals surface area contributed by atoms with Crippen LogP contribution in [0.4, 0.5) is 0 Å². The molecule has 0 heterocycles. The molecule has 36 heavy (non-hydrogen) atoms. The van der Waals surface area contributed by atoms with Crippen LogP contribution in [0.3, 0.4) is 0 Å². The largest absolute Gasteiger partial charge is 0.143 e. The average Bonchev–Trinajstić information content (AvgIpc) is 2.89. The van der Waals surface area contributed by atoms with Gasteiger partial charge in [-0.25, -0.2) is 0 Å². The quantitative estimate of drug-likeness (QED) is 0.491. The Morgan fingerprint density at radius 2 is 0.250 bits per heavy atom. The van der Waals surface area contributed by atoms with Gasteiger partial charge in [-0.3, -0.25) is 0 Å². The van der Waals surface area contributed by atoms with E-state index in [1.807, 2.05) is 0 Å². The lowest BCUT2D eigenvalue weighted by atomic mass is 10.1. The highest BCUT2D eigenvalue weighted by atomic mass is 14.0. The van der Waals surface area contributed by atoms with Crippen molar-refractivity contribution in [1.29, 1.82) is 0 Å². The smallest absolute Gasteiger partial charge is 0.0710 e. The normalized spacial score (nSPS) is 24.7. The minimum Gasteiger partial charge on any atom is -0.0710 e. The highest BCUT2D eigenvalue weighted by Crippen LogP contribution is 1.99. The van der Waals surface area contributed by atoms with Crippen LogP contribution in [0.25, 0.3) is 0 Å². The molecule has 0 radical (unpaired) electrons. The predicted octanol–water partition coefficient (Wildman–Crippen LogP) is 0.789. The van der Waals surface area contributed by atoms with Gasteiger partial charge in [0.05, 0.1) is 0 Å². The van der Waals surface area contributed by atoms with E-state index in [1.165, 1.54) is 0 Å². The zero-order valence-electron chi connectivity index (χ0n) is 18.5. The molecule has 0 unspecified atom stereocenters. The Balaban J connectivity index is 2.09. The maximum atomic E-state index is 3.01. The van der Waals surface area contributed by atoms with Gasteiger partial charge in [0.2, 0.25) is 0 Å². The molecule has 0 aromatic rings. The number of hydrogen-bond donors (Lipinski definition) is 0. The van der Waals surface area contributed by atoms with Crippen LogP contribution in [0, 0.1) is 213 Å². The van der Waals surface area contributed by atoms with Crippen LogP contribution in [-0.2, 0) is 0 Å². The monoisotopic (exact) mass is 438 g/mol. The topological polar surface area (TPSA) is 0 Å². The SMILES string of the molecule is C1#CC2C#CC#CC3C#CC#CC(C#C1)C#CC1C#CC#CC(C#CC#CC(C#CC#C1)C#C3)C#C2. The van der Waals surface area contributed by atoms with Gasteiger partial charge in [0.25, 0.3) is 0 Å². The van der Waals surface area contributed by atoms with E-state index < -0.39 is 35.5 Å². The Hall–Kier alpha value is -6.60. The Morgan fingerprint density at radius 1 is 0.139 bits per heavy atom. The molecule has 0 fully saturated rings. The molecule has 0 saturated carbocycles. The maximum Gasteiger partial charge on any atom is 0.143 e. The highest BCUT2D eigenvalue weighted by molar-refractivity contribution is 5.49. The zero-order chi connectivity index (χ0) is 24.7. The van der Waals surface area contributed by atoms with E-state index in [4.69, 9.17) is 0 Å². The minimum atomic E-state index is -0.623. The molecule has 150 valence electrons. The van der Waals surface area contributed by atoms with Crippen LogP contribution in [0.15, 0.2) is 0 Å². The van der Waals surface area contributed by atoms with Crippen LogP contribution in [0.2, 0.25) is 0 Å². The van der Waals surface area contributed by atoms with Crippen molar-refractivity contribution < 1.29 is 0 Å². The van der Waals surface area contributed by atoms with Crippen molar-refractivity contribution in [3.8, 4) is 178 Å². The first-order chi connectivity index (χ1) is 17.8. The lowest BCUT2D eigenvalue weighted by Gasteiger charge is -1.92. The van der Waals surface area contributed by atoms with Gasteiger partial charge in [-0.15, -0.1) is 0 Å². The average molecular weight is 438 g/mol. The molecule has 0 aromatic carbocycles. The van der Waals surface area contributed by atoms with Gasteiger partial charge in [0.1, 0.15) is 35.5 Å². The van der Waals surface area contributed by atoms with Crippen molar-refractivity contribution >= 4 is 0 Å². The molecule has 0 aromatic heterocycles. The van der Waals surface area contributed by atoms with Gasteiger partial charge in [0.15, 0.2) is 0 Å². The summed E-state index contributed by atoms with van der Waals surface area (Å²) in [6.07, 6.45) is 0. The molecular formula is C36H6. The number of rotatable bonds is 0. The molecule has 0 aliphatic heterocycles. The van der Waals surface area contributed by atoms with Gasteiger partial charge in [-0.1, -0.05) is 107 Å². The molecule has 5 aliphatic rings. The van der Waals surface area contributed by atoms with Crippen LogP contribution >= 0.6 is 0 Å². The van der Waals surface area contributed by atoms with Crippen LogP contribution in [-0.4, -0.2) is 0 Å². The number of hydrogen-bond acceptors (Lipinski definition) is 0. The van der Waals surface area contributed by atoms with E-state index in [2.05, 4.69) is 178 Å². The Bertz CT molecular complexity index is 1500. The van der Waals surface area contributed by atoms with Crippen LogP contribution in [0.1, 0.15) is 0 Å². The standard InChI is InChI=1S/C36H6/c1-2-14-32-16-5-6-20-35-17-4-3-15-31(13-1)25-26-33-18-7-9-21-34(28-27-32)22-11-12-24-36(30-29-35)23-10-8-19-33/h31-36H. The summed E-state index contributed by atoms with van der Waals surface area (Å²) < 4.78 is 0. The number of fused-ring (bicyclic) bond motifs is 6. The molecule has 0 N–H and O–H groups in total. The zero-order valence-corrected chi connectivity index (χ0v) is 18.5. The molecule has 5 aliphatic carbocycles. The summed E-state index contributed by atoms with van der Waals surface area (Å²) in [5, 5.41) is 0. The first kappa shape index (κ1) is 22.6. The Morgan fingerprint density at radius 3 is 0.361 bits per heavy atom. The van der Waals surface area contributed by atoms with Crippen molar-refractivity contribution in [2.75, 3.05) is 0 Å². The summed E-state index contributed by atoms with van der Waals surface area (Å²) >= 11 is 0. The molecule has 0 saturated heterocycles. The molecule has 0 spiro atoms. The Kier molecular flexibility index (Phi) is 7.81. The van der Waals surface area contributed by atoms with E-state index in [0.717, 1.165) is 0 Å². The molecular weight excluding hydrogens is 432 g/mol. The van der Waals surface area contributed by atoms with Crippen molar-refractivity contribution in [3.63, 3.8) is 0 Å². The molecule has 6 bridgehead atoms. The van der Waals surface area contributed by atoms with E-state index in [-0.39, 0.29) is 0 Å². The molecule has 5 rings (SSSR count). The van der Waals surface area contributed by atoms with Crippen LogP contribution < -0.4 is 0 Å². The maximum absolute atomic E-state index is 3.01. The van der Waals surface area contributed by atoms with E-state index in [0.29, 0.717) is 0 Å². The summed E-state index contributed by atoms with van der Waals surface area (Å²) in [5.74, 6) is 83.0. The lowest BCUT2D eigenvalue weighted by Crippen LogP contribution is -1.94. The van der Waals surface area contributed by atoms with E-state index in [9.17, 15) is 0 Å². The van der Waals surface area contributed by atoms with Gasteiger partial charge in [0, 0.05) is 0 Å². The van der Waals surface area contributed by atoms with Gasteiger partial charge in [-0.2, -0.15) is 0 Å². The summed E-state index contributed by atoms with van der Waals surface area (Å²) in [5.41, 5.74) is 0. The van der Waals surface area contributed by atoms with E-state index in [1.54, 1.807) is 0 Å². The second kappa shape index (κ2) is 12.4. The summed E-state index contributed by atoms with van der Waals surface area (Å²) in [6, 6.07) is 0. The van der Waals surface area contributed by atoms with Crippen molar-refractivity contribution in [1.82, 2.24) is 0 Å². The third-order valence-electron chi connectivity index (χ3n) is 4.09. The highest BCUT2D eigenvalue weighted by Gasteiger charge is 2.02. The summed E-state index contributed by atoms with van der Waals surface area (Å²) in [7, 11) is 0. The van der Waals surface area contributed by atoms with Gasteiger partial charge in [-0.05, 0) is 71.0 Å². The fourth-order valence-corrected chi connectivity index (χ4v) is 2.45. The third-order valence-corrected chi connectivity index (χ3v) is 4.09. The summed E-state index contributed by atoms with van der Waals surface area (Å²) in [6.45, 7) is 0. The second-order valence-corrected chi connectivity index (χ2v) is 6.70.